The van der Waals surface area contributed by atoms with Gasteiger partial charge in [0.2, 0.25) is 0 Å². The van der Waals surface area contributed by atoms with E-state index in [9.17, 15) is 9.59 Å². The second-order valence-corrected chi connectivity index (χ2v) is 6.13. The molecule has 0 radical (unpaired) electrons. The molecular formula is C16H21NO3. The Balaban J connectivity index is 1.42. The van der Waals surface area contributed by atoms with E-state index >= 15 is 0 Å². The topological polar surface area (TPSA) is 46.6 Å². The minimum absolute atomic E-state index is 0.168. The van der Waals surface area contributed by atoms with Gasteiger partial charge in [0.25, 0.3) is 11.8 Å². The van der Waals surface area contributed by atoms with Crippen LogP contribution in [0.5, 0.6) is 0 Å². The van der Waals surface area contributed by atoms with E-state index in [0.717, 1.165) is 12.5 Å². The molecule has 1 aliphatic heterocycles. The van der Waals surface area contributed by atoms with Crippen molar-refractivity contribution in [3.63, 3.8) is 0 Å². The van der Waals surface area contributed by atoms with Crippen LogP contribution in [0.25, 0.3) is 0 Å². The summed E-state index contributed by atoms with van der Waals surface area (Å²) < 4.78 is 5.70. The number of carbonyl (C=O) groups is 2. The van der Waals surface area contributed by atoms with E-state index in [2.05, 4.69) is 12.2 Å². The van der Waals surface area contributed by atoms with E-state index in [0.29, 0.717) is 36.1 Å². The summed E-state index contributed by atoms with van der Waals surface area (Å²) in [6, 6.07) is 0. The Bertz CT molecular complexity index is 482. The lowest BCUT2D eigenvalue weighted by molar-refractivity contribution is -0.138. The van der Waals surface area contributed by atoms with Crippen molar-refractivity contribution < 1.29 is 14.3 Å². The maximum atomic E-state index is 11.9. The summed E-state index contributed by atoms with van der Waals surface area (Å²) >= 11 is 0. The molecule has 0 aromatic carbocycles. The second-order valence-electron chi connectivity index (χ2n) is 6.13. The Labute approximate surface area is 119 Å². The highest BCUT2D eigenvalue weighted by atomic mass is 16.5. The van der Waals surface area contributed by atoms with Gasteiger partial charge in [0.15, 0.2) is 0 Å². The summed E-state index contributed by atoms with van der Waals surface area (Å²) in [6.07, 6.45) is 7.13. The van der Waals surface area contributed by atoms with Crippen molar-refractivity contribution in [1.82, 2.24) is 4.90 Å². The number of fused-ring (bicyclic) bond motifs is 2. The maximum absolute atomic E-state index is 11.9. The van der Waals surface area contributed by atoms with E-state index < -0.39 is 0 Å². The molecule has 0 spiro atoms. The van der Waals surface area contributed by atoms with Crippen LogP contribution in [0.15, 0.2) is 23.3 Å². The molecule has 3 atom stereocenters. The predicted molar refractivity (Wildman–Crippen MR) is 74.8 cm³/mol. The average molecular weight is 275 g/mol. The highest BCUT2D eigenvalue weighted by molar-refractivity contribution is 6.18. The smallest absolute Gasteiger partial charge is 0.256 e. The number of hydrogen-bond donors (Lipinski definition) is 0. The summed E-state index contributed by atoms with van der Waals surface area (Å²) in [7, 11) is 0. The lowest BCUT2D eigenvalue weighted by Gasteiger charge is -2.19. The molecule has 3 rings (SSSR count). The van der Waals surface area contributed by atoms with Crippen LogP contribution in [0, 0.1) is 17.8 Å². The Morgan fingerprint density at radius 2 is 1.85 bits per heavy atom. The lowest BCUT2D eigenvalue weighted by Crippen LogP contribution is -2.35. The molecule has 1 heterocycles. The van der Waals surface area contributed by atoms with Crippen LogP contribution >= 0.6 is 0 Å². The number of hydrogen-bond acceptors (Lipinski definition) is 3. The van der Waals surface area contributed by atoms with Gasteiger partial charge in [-0.25, -0.2) is 0 Å². The predicted octanol–water partition coefficient (Wildman–Crippen LogP) is 1.92. The maximum Gasteiger partial charge on any atom is 0.256 e. The molecule has 1 saturated carbocycles. The summed E-state index contributed by atoms with van der Waals surface area (Å²) in [6.45, 7) is 4.96. The van der Waals surface area contributed by atoms with Crippen molar-refractivity contribution in [1.29, 1.82) is 0 Å². The Hall–Kier alpha value is -1.42. The van der Waals surface area contributed by atoms with E-state index in [1.165, 1.54) is 17.7 Å². The van der Waals surface area contributed by atoms with Crippen LogP contribution in [0.4, 0.5) is 0 Å². The molecule has 0 aromatic rings. The van der Waals surface area contributed by atoms with Gasteiger partial charge in [-0.05, 0) is 44.4 Å². The third kappa shape index (κ3) is 2.22. The lowest BCUT2D eigenvalue weighted by atomic mass is 9.95. The number of nitrogens with zero attached hydrogens (tertiary/aromatic N) is 1. The first kappa shape index (κ1) is 13.6. The van der Waals surface area contributed by atoms with Gasteiger partial charge in [0.05, 0.1) is 19.8 Å². The molecule has 3 aliphatic rings. The van der Waals surface area contributed by atoms with E-state index in [-0.39, 0.29) is 11.8 Å². The molecule has 1 fully saturated rings. The van der Waals surface area contributed by atoms with Crippen LogP contribution in [0.1, 0.15) is 26.7 Å². The van der Waals surface area contributed by atoms with Gasteiger partial charge in [-0.2, -0.15) is 0 Å². The van der Waals surface area contributed by atoms with Crippen LogP contribution in [0.3, 0.4) is 0 Å². The zero-order chi connectivity index (χ0) is 14.3. The van der Waals surface area contributed by atoms with Crippen molar-refractivity contribution >= 4 is 11.8 Å². The van der Waals surface area contributed by atoms with Gasteiger partial charge >= 0.3 is 0 Å². The molecule has 0 aromatic heterocycles. The van der Waals surface area contributed by atoms with E-state index in [1.54, 1.807) is 13.8 Å². The Morgan fingerprint density at radius 3 is 2.40 bits per heavy atom. The fourth-order valence-electron chi connectivity index (χ4n) is 3.50. The van der Waals surface area contributed by atoms with Gasteiger partial charge < -0.3 is 4.74 Å². The SMILES string of the molecule is CC1=C(C)C(=O)N(CCOCC2CC3C=CC2C3)C1=O. The average Bonchev–Trinajstić information content (AvgIpc) is 3.10. The summed E-state index contributed by atoms with van der Waals surface area (Å²) in [5, 5.41) is 0. The van der Waals surface area contributed by atoms with E-state index in [4.69, 9.17) is 4.74 Å². The molecule has 2 bridgehead atoms. The van der Waals surface area contributed by atoms with Gasteiger partial charge in [0.1, 0.15) is 0 Å². The van der Waals surface area contributed by atoms with Gasteiger partial charge in [-0.15, -0.1) is 0 Å². The first-order valence-electron chi connectivity index (χ1n) is 7.37. The summed E-state index contributed by atoms with van der Waals surface area (Å²) in [5.41, 5.74) is 1.13. The van der Waals surface area contributed by atoms with Crippen LogP contribution < -0.4 is 0 Å². The molecule has 108 valence electrons. The molecule has 4 heteroatoms. The third-order valence-corrected chi connectivity index (χ3v) is 4.90. The first-order chi connectivity index (χ1) is 9.58. The third-order valence-electron chi connectivity index (χ3n) is 4.90. The highest BCUT2D eigenvalue weighted by Gasteiger charge is 2.36. The van der Waals surface area contributed by atoms with Crippen molar-refractivity contribution in [2.75, 3.05) is 19.8 Å². The molecule has 3 unspecified atom stereocenters. The number of rotatable bonds is 5. The minimum atomic E-state index is -0.168. The normalized spacial score (nSPS) is 32.1. The van der Waals surface area contributed by atoms with Crippen molar-refractivity contribution in [2.45, 2.75) is 26.7 Å². The first-order valence-corrected chi connectivity index (χ1v) is 7.37. The number of amides is 2. The molecule has 0 N–H and O–H groups in total. The molecule has 2 aliphatic carbocycles. The van der Waals surface area contributed by atoms with Crippen molar-refractivity contribution in [3.05, 3.63) is 23.3 Å². The quantitative estimate of drug-likeness (QED) is 0.437. The zero-order valence-corrected chi connectivity index (χ0v) is 12.1. The monoisotopic (exact) mass is 275 g/mol. The minimum Gasteiger partial charge on any atom is -0.379 e. The molecule has 0 saturated heterocycles. The highest BCUT2D eigenvalue weighted by Crippen LogP contribution is 2.43. The number of ether oxygens (including phenoxy) is 1. The zero-order valence-electron chi connectivity index (χ0n) is 12.1. The van der Waals surface area contributed by atoms with Crippen LogP contribution in [-0.2, 0) is 14.3 Å². The molecule has 2 amide bonds. The van der Waals surface area contributed by atoms with Crippen LogP contribution in [-0.4, -0.2) is 36.5 Å². The molecular weight excluding hydrogens is 254 g/mol. The second kappa shape index (κ2) is 5.17. The molecule has 4 nitrogen and oxygen atoms in total. The van der Waals surface area contributed by atoms with Crippen molar-refractivity contribution in [3.8, 4) is 0 Å². The van der Waals surface area contributed by atoms with Crippen molar-refractivity contribution in [2.24, 2.45) is 17.8 Å². The number of allylic oxidation sites excluding steroid dienone is 2. The standard InChI is InChI=1S/C16H21NO3/c1-10-11(2)16(19)17(15(10)18)5-6-20-9-14-8-12-3-4-13(14)7-12/h3-4,12-14H,5-9H2,1-2H3. The Morgan fingerprint density at radius 1 is 1.15 bits per heavy atom. The molecule has 20 heavy (non-hydrogen) atoms. The number of carbonyl (C=O) groups excluding carboxylic acids is 2. The fourth-order valence-corrected chi connectivity index (χ4v) is 3.50. The van der Waals surface area contributed by atoms with Gasteiger partial charge in [0, 0.05) is 11.1 Å². The fraction of sp³-hybridized carbons (Fsp3) is 0.625. The van der Waals surface area contributed by atoms with Crippen LogP contribution in [0.2, 0.25) is 0 Å². The Kier molecular flexibility index (Phi) is 3.50. The summed E-state index contributed by atoms with van der Waals surface area (Å²) in [5.74, 6) is 1.72. The largest absolute Gasteiger partial charge is 0.379 e. The van der Waals surface area contributed by atoms with Gasteiger partial charge in [-0.3, -0.25) is 14.5 Å². The number of imide groups is 1. The van der Waals surface area contributed by atoms with Gasteiger partial charge in [-0.1, -0.05) is 12.2 Å². The summed E-state index contributed by atoms with van der Waals surface area (Å²) in [4.78, 5) is 25.0. The van der Waals surface area contributed by atoms with E-state index in [1.807, 2.05) is 0 Å².